The first-order valence-corrected chi connectivity index (χ1v) is 9.08. The highest BCUT2D eigenvalue weighted by atomic mass is 32.1. The fourth-order valence-corrected chi connectivity index (χ4v) is 3.53. The van der Waals surface area contributed by atoms with E-state index in [2.05, 4.69) is 10.3 Å². The smallest absolute Gasteiger partial charge is 0.265 e. The zero-order valence-electron chi connectivity index (χ0n) is 14.9. The van der Waals surface area contributed by atoms with E-state index in [1.807, 2.05) is 35.7 Å². The first-order valence-electron chi connectivity index (χ1n) is 8.20. The van der Waals surface area contributed by atoms with E-state index in [0.717, 1.165) is 11.1 Å². The van der Waals surface area contributed by atoms with Crippen LogP contribution in [0.1, 0.15) is 20.8 Å². The molecule has 0 bridgehead atoms. The summed E-state index contributed by atoms with van der Waals surface area (Å²) in [5.74, 6) is 0.276. The van der Waals surface area contributed by atoms with Crippen molar-refractivity contribution < 1.29 is 9.53 Å². The number of carbonyl (C=O) groups excluding carboxylic acids is 1. The lowest BCUT2D eigenvalue weighted by molar-refractivity contribution is 0.0939. The molecule has 2 aromatic rings. The minimum absolute atomic E-state index is 0.164. The summed E-state index contributed by atoms with van der Waals surface area (Å²) in [6.07, 6.45) is 3.75. The van der Waals surface area contributed by atoms with Crippen LogP contribution in [-0.2, 0) is 6.42 Å². The van der Waals surface area contributed by atoms with Gasteiger partial charge in [0.15, 0.2) is 5.75 Å². The van der Waals surface area contributed by atoms with Crippen molar-refractivity contribution in [2.45, 2.75) is 12.5 Å². The van der Waals surface area contributed by atoms with Crippen molar-refractivity contribution in [2.75, 3.05) is 20.7 Å². The molecule has 0 spiro atoms. The maximum atomic E-state index is 12.7. The molecule has 138 valence electrons. The van der Waals surface area contributed by atoms with Crippen LogP contribution in [0.3, 0.4) is 0 Å². The molecule has 0 aliphatic carbocycles. The predicted molar refractivity (Wildman–Crippen MR) is 107 cm³/mol. The number of hydrogen-bond acceptors (Lipinski definition) is 6. The van der Waals surface area contributed by atoms with Crippen molar-refractivity contribution in [1.82, 2.24) is 5.32 Å². The van der Waals surface area contributed by atoms with Gasteiger partial charge in [-0.05, 0) is 24.3 Å². The minimum atomic E-state index is -0.211. The van der Waals surface area contributed by atoms with Crippen LogP contribution in [0, 0.1) is 0 Å². The zero-order valence-corrected chi connectivity index (χ0v) is 15.8. The van der Waals surface area contributed by atoms with Crippen LogP contribution in [0.5, 0.6) is 5.75 Å². The first-order chi connectivity index (χ1) is 12.6. The number of thiophene rings is 1. The highest BCUT2D eigenvalue weighted by Crippen LogP contribution is 2.31. The molecule has 0 saturated carbocycles. The second-order valence-electron chi connectivity index (χ2n) is 5.58. The number of hydrogen-bond donors (Lipinski definition) is 3. The number of methoxy groups -OCH3 is 1. The lowest BCUT2D eigenvalue weighted by atomic mass is 10.1. The molecule has 26 heavy (non-hydrogen) atoms. The van der Waals surface area contributed by atoms with Crippen LogP contribution in [0.15, 0.2) is 53.0 Å². The molecule has 7 heteroatoms. The fraction of sp³-hybridized carbons (Fsp3) is 0.263. The van der Waals surface area contributed by atoms with Gasteiger partial charge < -0.3 is 21.5 Å². The number of allylic oxidation sites excluding steroid dienone is 1. The standard InChI is InChI=1S/C19H24N4O2S/c1-22-16(8-9-20)15-12-26-18(17(15)25-2)19(24)23-14(11-21)10-13-6-4-3-5-7-13/h3-9,12,14H,10-11,20-21H2,1-2H3,(H,23,24). The molecule has 0 aliphatic rings. The van der Waals surface area contributed by atoms with Gasteiger partial charge in [0.2, 0.25) is 0 Å². The molecule has 1 heterocycles. The normalized spacial score (nSPS) is 13.0. The molecule has 1 amide bonds. The van der Waals surface area contributed by atoms with E-state index in [1.165, 1.54) is 24.6 Å². The van der Waals surface area contributed by atoms with Crippen molar-refractivity contribution in [2.24, 2.45) is 16.5 Å². The van der Waals surface area contributed by atoms with Crippen molar-refractivity contribution in [3.05, 3.63) is 64.0 Å². The molecule has 2 rings (SSSR count). The summed E-state index contributed by atoms with van der Waals surface area (Å²) >= 11 is 1.30. The number of amides is 1. The molecule has 5 N–H and O–H groups in total. The molecular weight excluding hydrogens is 348 g/mol. The average Bonchev–Trinajstić information content (AvgIpc) is 3.10. The van der Waals surface area contributed by atoms with Gasteiger partial charge in [0.25, 0.3) is 5.91 Å². The topological polar surface area (TPSA) is 103 Å². The van der Waals surface area contributed by atoms with Crippen molar-refractivity contribution in [3.8, 4) is 5.75 Å². The van der Waals surface area contributed by atoms with Gasteiger partial charge in [-0.2, -0.15) is 0 Å². The predicted octanol–water partition coefficient (Wildman–Crippen LogP) is 1.95. The van der Waals surface area contributed by atoms with Gasteiger partial charge in [0.05, 0.1) is 18.4 Å². The van der Waals surface area contributed by atoms with Crippen LogP contribution in [-0.4, -0.2) is 38.4 Å². The molecule has 1 unspecified atom stereocenters. The van der Waals surface area contributed by atoms with E-state index in [9.17, 15) is 4.79 Å². The molecular formula is C19H24N4O2S. The summed E-state index contributed by atoms with van der Waals surface area (Å²) in [6, 6.07) is 9.76. The quantitative estimate of drug-likeness (QED) is 0.616. The lowest BCUT2D eigenvalue weighted by Crippen LogP contribution is -2.41. The van der Waals surface area contributed by atoms with Gasteiger partial charge >= 0.3 is 0 Å². The Morgan fingerprint density at radius 2 is 2.12 bits per heavy atom. The average molecular weight is 372 g/mol. The van der Waals surface area contributed by atoms with Crippen molar-refractivity contribution in [1.29, 1.82) is 0 Å². The Bertz CT molecular complexity index is 784. The number of ether oxygens (including phenoxy) is 1. The van der Waals surface area contributed by atoms with E-state index >= 15 is 0 Å². The van der Waals surface area contributed by atoms with Gasteiger partial charge in [-0.25, -0.2) is 0 Å². The Kier molecular flexibility index (Phi) is 7.37. The Labute approximate surface area is 157 Å². The Hall–Kier alpha value is -2.64. The number of rotatable bonds is 8. The van der Waals surface area contributed by atoms with Crippen LogP contribution in [0.25, 0.3) is 0 Å². The van der Waals surface area contributed by atoms with Gasteiger partial charge in [-0.3, -0.25) is 9.79 Å². The monoisotopic (exact) mass is 372 g/mol. The maximum Gasteiger partial charge on any atom is 0.265 e. The number of carbonyl (C=O) groups is 1. The first kappa shape index (κ1) is 19.7. The number of nitrogens with one attached hydrogen (secondary N) is 1. The van der Waals surface area contributed by atoms with Crippen LogP contribution >= 0.6 is 11.3 Å². The lowest BCUT2D eigenvalue weighted by Gasteiger charge is -2.17. The summed E-state index contributed by atoms with van der Waals surface area (Å²) in [5.41, 5.74) is 13.8. The molecule has 0 radical (unpaired) electrons. The highest BCUT2D eigenvalue weighted by Gasteiger charge is 2.22. The summed E-state index contributed by atoms with van der Waals surface area (Å²) in [6.45, 7) is 0.346. The number of benzene rings is 1. The summed E-state index contributed by atoms with van der Waals surface area (Å²) in [5, 5.41) is 4.83. The van der Waals surface area contributed by atoms with Gasteiger partial charge in [0, 0.05) is 25.0 Å². The van der Waals surface area contributed by atoms with Crippen LogP contribution < -0.4 is 21.5 Å². The van der Waals surface area contributed by atoms with Crippen LogP contribution in [0.4, 0.5) is 0 Å². The molecule has 1 aromatic carbocycles. The molecule has 1 aromatic heterocycles. The largest absolute Gasteiger partial charge is 0.494 e. The second kappa shape index (κ2) is 9.74. The summed E-state index contributed by atoms with van der Waals surface area (Å²) in [4.78, 5) is 17.4. The SMILES string of the molecule is CN=C(C=CN)c1csc(C(=O)NC(CN)Cc2ccccc2)c1OC. The van der Waals surface area contributed by atoms with Crippen LogP contribution in [0.2, 0.25) is 0 Å². The molecule has 1 atom stereocenters. The Morgan fingerprint density at radius 3 is 2.69 bits per heavy atom. The van der Waals surface area contributed by atoms with Gasteiger partial charge in [0.1, 0.15) is 4.88 Å². The molecule has 6 nitrogen and oxygen atoms in total. The zero-order chi connectivity index (χ0) is 18.9. The minimum Gasteiger partial charge on any atom is -0.494 e. The summed E-state index contributed by atoms with van der Waals surface area (Å²) < 4.78 is 5.46. The van der Waals surface area contributed by atoms with Gasteiger partial charge in [-0.1, -0.05) is 30.3 Å². The highest BCUT2D eigenvalue weighted by molar-refractivity contribution is 7.12. The number of nitrogens with zero attached hydrogens (tertiary/aromatic N) is 1. The third-order valence-corrected chi connectivity index (χ3v) is 4.83. The fourth-order valence-electron chi connectivity index (χ4n) is 2.60. The third kappa shape index (κ3) is 4.71. The van der Waals surface area contributed by atoms with E-state index in [1.54, 1.807) is 13.1 Å². The number of nitrogens with two attached hydrogens (primary N) is 2. The Balaban J connectivity index is 2.19. The van der Waals surface area contributed by atoms with E-state index < -0.39 is 0 Å². The van der Waals surface area contributed by atoms with Crippen molar-refractivity contribution in [3.63, 3.8) is 0 Å². The third-order valence-electron chi connectivity index (χ3n) is 3.87. The van der Waals surface area contributed by atoms with E-state index in [0.29, 0.717) is 29.3 Å². The second-order valence-corrected chi connectivity index (χ2v) is 6.46. The molecule has 0 aliphatic heterocycles. The van der Waals surface area contributed by atoms with Gasteiger partial charge in [-0.15, -0.1) is 11.3 Å². The van der Waals surface area contributed by atoms with E-state index in [4.69, 9.17) is 16.2 Å². The summed E-state index contributed by atoms with van der Waals surface area (Å²) in [7, 11) is 3.20. The molecule has 0 fully saturated rings. The number of aliphatic imine (C=N–C) groups is 1. The molecule has 0 saturated heterocycles. The van der Waals surface area contributed by atoms with E-state index in [-0.39, 0.29) is 11.9 Å². The van der Waals surface area contributed by atoms with Crippen molar-refractivity contribution >= 4 is 23.0 Å². The maximum absolute atomic E-state index is 12.7. The Morgan fingerprint density at radius 1 is 1.38 bits per heavy atom.